The highest BCUT2D eigenvalue weighted by Gasteiger charge is 2.23. The first-order chi connectivity index (χ1) is 9.56. The van der Waals surface area contributed by atoms with Gasteiger partial charge in [-0.15, -0.1) is 0 Å². The van der Waals surface area contributed by atoms with Gasteiger partial charge in [-0.3, -0.25) is 9.69 Å². The SMILES string of the molecule is C[C@@H]1CN(CNC(=O)[C@@H](O)c2ccccc2)C[C@H](C)O1. The Morgan fingerprint density at radius 1 is 1.35 bits per heavy atom. The minimum absolute atomic E-state index is 0.162. The average molecular weight is 278 g/mol. The fourth-order valence-corrected chi connectivity index (χ4v) is 2.49. The molecular formula is C15H22N2O3. The predicted octanol–water partition coefficient (Wildman–Crippen LogP) is 0.903. The fraction of sp³-hybridized carbons (Fsp3) is 0.533. The minimum Gasteiger partial charge on any atom is -0.378 e. The van der Waals surface area contributed by atoms with Crippen molar-refractivity contribution in [2.45, 2.75) is 32.2 Å². The van der Waals surface area contributed by atoms with Crippen LogP contribution >= 0.6 is 0 Å². The molecule has 5 heteroatoms. The van der Waals surface area contributed by atoms with Crippen molar-refractivity contribution in [3.05, 3.63) is 35.9 Å². The number of carbonyl (C=O) groups excluding carboxylic acids is 1. The van der Waals surface area contributed by atoms with Crippen molar-refractivity contribution < 1.29 is 14.6 Å². The maximum atomic E-state index is 11.9. The normalized spacial score (nSPS) is 25.1. The number of ether oxygens (including phenoxy) is 1. The Bertz CT molecular complexity index is 428. The van der Waals surface area contributed by atoms with Crippen molar-refractivity contribution in [1.29, 1.82) is 0 Å². The number of hydrogen-bond acceptors (Lipinski definition) is 4. The van der Waals surface area contributed by atoms with E-state index in [0.29, 0.717) is 12.2 Å². The molecule has 1 aliphatic heterocycles. The van der Waals surface area contributed by atoms with Gasteiger partial charge in [-0.1, -0.05) is 30.3 Å². The topological polar surface area (TPSA) is 61.8 Å². The minimum atomic E-state index is -1.12. The molecule has 0 bridgehead atoms. The van der Waals surface area contributed by atoms with Crippen LogP contribution < -0.4 is 5.32 Å². The van der Waals surface area contributed by atoms with Crippen LogP contribution in [0.25, 0.3) is 0 Å². The van der Waals surface area contributed by atoms with Gasteiger partial charge in [-0.25, -0.2) is 0 Å². The Morgan fingerprint density at radius 3 is 2.55 bits per heavy atom. The fourth-order valence-electron chi connectivity index (χ4n) is 2.49. The number of benzene rings is 1. The molecule has 20 heavy (non-hydrogen) atoms. The molecule has 0 unspecified atom stereocenters. The molecule has 5 nitrogen and oxygen atoms in total. The van der Waals surface area contributed by atoms with E-state index in [1.807, 2.05) is 19.9 Å². The van der Waals surface area contributed by atoms with E-state index >= 15 is 0 Å². The van der Waals surface area contributed by atoms with E-state index in [1.165, 1.54) is 0 Å². The van der Waals surface area contributed by atoms with Gasteiger partial charge in [0, 0.05) is 13.1 Å². The van der Waals surface area contributed by atoms with Crippen LogP contribution in [0.3, 0.4) is 0 Å². The van der Waals surface area contributed by atoms with E-state index < -0.39 is 6.10 Å². The maximum Gasteiger partial charge on any atom is 0.254 e. The van der Waals surface area contributed by atoms with Gasteiger partial charge in [0.2, 0.25) is 0 Å². The highest BCUT2D eigenvalue weighted by Crippen LogP contribution is 2.13. The van der Waals surface area contributed by atoms with Gasteiger partial charge in [0.05, 0.1) is 18.9 Å². The van der Waals surface area contributed by atoms with Gasteiger partial charge in [0.15, 0.2) is 6.10 Å². The molecule has 1 saturated heterocycles. The van der Waals surface area contributed by atoms with Crippen LogP contribution in [0.4, 0.5) is 0 Å². The summed E-state index contributed by atoms with van der Waals surface area (Å²) in [5.74, 6) is -0.372. The van der Waals surface area contributed by atoms with E-state index in [2.05, 4.69) is 10.2 Å². The van der Waals surface area contributed by atoms with Crippen LogP contribution in [-0.4, -0.2) is 47.9 Å². The lowest BCUT2D eigenvalue weighted by Crippen LogP contribution is -2.50. The summed E-state index contributed by atoms with van der Waals surface area (Å²) in [4.78, 5) is 14.0. The Morgan fingerprint density at radius 2 is 1.95 bits per heavy atom. The van der Waals surface area contributed by atoms with Crippen LogP contribution in [0, 0.1) is 0 Å². The van der Waals surface area contributed by atoms with Gasteiger partial charge < -0.3 is 15.2 Å². The summed E-state index contributed by atoms with van der Waals surface area (Å²) >= 11 is 0. The van der Waals surface area contributed by atoms with Crippen LogP contribution in [0.15, 0.2) is 30.3 Å². The lowest BCUT2D eigenvalue weighted by molar-refractivity contribution is -0.131. The molecule has 1 amide bonds. The second kappa shape index (κ2) is 6.83. The van der Waals surface area contributed by atoms with E-state index in [-0.39, 0.29) is 18.1 Å². The Labute approximate surface area is 119 Å². The van der Waals surface area contributed by atoms with Crippen LogP contribution in [-0.2, 0) is 9.53 Å². The van der Waals surface area contributed by atoms with Crippen molar-refractivity contribution in [2.24, 2.45) is 0 Å². The van der Waals surface area contributed by atoms with Crippen molar-refractivity contribution in [1.82, 2.24) is 10.2 Å². The third kappa shape index (κ3) is 4.03. The van der Waals surface area contributed by atoms with E-state index in [0.717, 1.165) is 13.1 Å². The standard InChI is InChI=1S/C15H22N2O3/c1-11-8-17(9-12(2)20-11)10-16-15(19)14(18)13-6-4-3-5-7-13/h3-7,11-12,14,18H,8-10H2,1-2H3,(H,16,19)/t11-,12+,14-/m0/s1. The molecule has 0 saturated carbocycles. The highest BCUT2D eigenvalue weighted by atomic mass is 16.5. The zero-order chi connectivity index (χ0) is 14.5. The number of amides is 1. The summed E-state index contributed by atoms with van der Waals surface area (Å²) < 4.78 is 5.64. The lowest BCUT2D eigenvalue weighted by Gasteiger charge is -2.35. The van der Waals surface area contributed by atoms with Gasteiger partial charge in [0.1, 0.15) is 0 Å². The number of rotatable bonds is 4. The molecule has 0 radical (unpaired) electrons. The summed E-state index contributed by atoms with van der Waals surface area (Å²) in [7, 11) is 0. The van der Waals surface area contributed by atoms with Crippen molar-refractivity contribution in [3.63, 3.8) is 0 Å². The molecule has 0 spiro atoms. The smallest absolute Gasteiger partial charge is 0.254 e. The summed E-state index contributed by atoms with van der Waals surface area (Å²) in [5, 5.41) is 12.7. The molecule has 1 aromatic carbocycles. The predicted molar refractivity (Wildman–Crippen MR) is 76.0 cm³/mol. The van der Waals surface area contributed by atoms with E-state index in [4.69, 9.17) is 4.74 Å². The number of nitrogens with one attached hydrogen (secondary N) is 1. The van der Waals surface area contributed by atoms with E-state index in [9.17, 15) is 9.90 Å². The number of carbonyl (C=O) groups is 1. The van der Waals surface area contributed by atoms with Crippen LogP contribution in [0.5, 0.6) is 0 Å². The first-order valence-electron chi connectivity index (χ1n) is 6.95. The van der Waals surface area contributed by atoms with E-state index in [1.54, 1.807) is 24.3 Å². The molecule has 1 aromatic rings. The third-order valence-electron chi connectivity index (χ3n) is 3.34. The molecule has 2 rings (SSSR count). The zero-order valence-electron chi connectivity index (χ0n) is 12.0. The van der Waals surface area contributed by atoms with Crippen molar-refractivity contribution in [3.8, 4) is 0 Å². The quantitative estimate of drug-likeness (QED) is 0.859. The molecule has 110 valence electrons. The number of morpholine rings is 1. The molecule has 1 fully saturated rings. The Kier molecular flexibility index (Phi) is 5.11. The highest BCUT2D eigenvalue weighted by molar-refractivity contribution is 5.81. The Balaban J connectivity index is 1.83. The first kappa shape index (κ1) is 15.0. The zero-order valence-corrected chi connectivity index (χ0v) is 12.0. The molecular weight excluding hydrogens is 256 g/mol. The average Bonchev–Trinajstić information content (AvgIpc) is 2.44. The first-order valence-corrected chi connectivity index (χ1v) is 6.95. The monoisotopic (exact) mass is 278 g/mol. The number of nitrogens with zero attached hydrogens (tertiary/aromatic N) is 1. The molecule has 2 N–H and O–H groups in total. The summed E-state index contributed by atoms with van der Waals surface area (Å²) in [5.41, 5.74) is 0.605. The van der Waals surface area contributed by atoms with Gasteiger partial charge >= 0.3 is 0 Å². The molecule has 1 heterocycles. The summed E-state index contributed by atoms with van der Waals surface area (Å²) in [6.07, 6.45) is -0.795. The van der Waals surface area contributed by atoms with Gasteiger partial charge in [-0.2, -0.15) is 0 Å². The second-order valence-electron chi connectivity index (χ2n) is 5.31. The van der Waals surface area contributed by atoms with Crippen molar-refractivity contribution in [2.75, 3.05) is 19.8 Å². The van der Waals surface area contributed by atoms with Gasteiger partial charge in [-0.05, 0) is 19.4 Å². The van der Waals surface area contributed by atoms with Crippen LogP contribution in [0.2, 0.25) is 0 Å². The van der Waals surface area contributed by atoms with Crippen LogP contribution in [0.1, 0.15) is 25.5 Å². The maximum absolute atomic E-state index is 11.9. The lowest BCUT2D eigenvalue weighted by atomic mass is 10.1. The van der Waals surface area contributed by atoms with Gasteiger partial charge in [0.25, 0.3) is 5.91 Å². The van der Waals surface area contributed by atoms with Crippen molar-refractivity contribution >= 4 is 5.91 Å². The number of aliphatic hydroxyl groups is 1. The second-order valence-corrected chi connectivity index (χ2v) is 5.31. The Hall–Kier alpha value is -1.43. The summed E-state index contributed by atoms with van der Waals surface area (Å²) in [6, 6.07) is 8.94. The molecule has 0 aromatic heterocycles. The summed E-state index contributed by atoms with van der Waals surface area (Å²) in [6.45, 7) is 6.03. The molecule has 0 aliphatic carbocycles. The molecule has 3 atom stereocenters. The number of aliphatic hydroxyl groups excluding tert-OH is 1. The molecule has 1 aliphatic rings. The largest absolute Gasteiger partial charge is 0.378 e. The third-order valence-corrected chi connectivity index (χ3v) is 3.34. The number of hydrogen-bond donors (Lipinski definition) is 2.